The van der Waals surface area contributed by atoms with Gasteiger partial charge in [0.15, 0.2) is 0 Å². The Labute approximate surface area is 153 Å². The zero-order valence-electron chi connectivity index (χ0n) is 15.1. The Morgan fingerprint density at radius 3 is 2.77 bits per heavy atom. The number of β-amino-alcohol motifs (C(OH)–C–C–N with tert-alkyl or cyclic N) is 1. The van der Waals surface area contributed by atoms with Crippen LogP contribution in [0.4, 0.5) is 11.5 Å². The maximum absolute atomic E-state index is 11.0. The molecule has 0 amide bonds. The third-order valence-corrected chi connectivity index (χ3v) is 4.85. The van der Waals surface area contributed by atoms with Crippen LogP contribution in [-0.2, 0) is 6.54 Å². The number of nitro groups is 1. The van der Waals surface area contributed by atoms with E-state index in [0.717, 1.165) is 13.1 Å². The molecule has 0 aliphatic carbocycles. The summed E-state index contributed by atoms with van der Waals surface area (Å²) in [6.45, 7) is 4.39. The number of aliphatic hydroxyl groups is 1. The van der Waals surface area contributed by atoms with Crippen molar-refractivity contribution in [3.05, 3.63) is 63.8 Å². The van der Waals surface area contributed by atoms with Gasteiger partial charge in [0, 0.05) is 38.8 Å². The largest absolute Gasteiger partial charge is 0.387 e. The molecule has 1 aliphatic rings. The second-order valence-electron chi connectivity index (χ2n) is 7.11. The molecule has 138 valence electrons. The fourth-order valence-electron chi connectivity index (χ4n) is 3.50. The zero-order valence-corrected chi connectivity index (χ0v) is 15.1. The first-order chi connectivity index (χ1) is 12.4. The third-order valence-electron chi connectivity index (χ3n) is 4.85. The highest BCUT2D eigenvalue weighted by atomic mass is 16.6. The van der Waals surface area contributed by atoms with Crippen molar-refractivity contribution in [3.8, 4) is 0 Å². The summed E-state index contributed by atoms with van der Waals surface area (Å²) in [5.74, 6) is 0.628. The van der Waals surface area contributed by atoms with Crippen molar-refractivity contribution in [2.24, 2.45) is 0 Å². The van der Waals surface area contributed by atoms with Crippen molar-refractivity contribution < 1.29 is 10.0 Å². The molecule has 0 radical (unpaired) electrons. The van der Waals surface area contributed by atoms with E-state index in [9.17, 15) is 15.2 Å². The van der Waals surface area contributed by atoms with E-state index in [1.165, 1.54) is 11.8 Å². The van der Waals surface area contributed by atoms with Crippen LogP contribution in [0.2, 0.25) is 0 Å². The van der Waals surface area contributed by atoms with Gasteiger partial charge in [-0.15, -0.1) is 0 Å². The van der Waals surface area contributed by atoms with Gasteiger partial charge in [-0.2, -0.15) is 0 Å². The zero-order chi connectivity index (χ0) is 18.7. The van der Waals surface area contributed by atoms with Crippen molar-refractivity contribution >= 4 is 11.5 Å². The molecule has 1 aromatic heterocycles. The summed E-state index contributed by atoms with van der Waals surface area (Å²) in [5, 5.41) is 21.9. The summed E-state index contributed by atoms with van der Waals surface area (Å²) in [6.07, 6.45) is 1.97. The molecule has 7 nitrogen and oxygen atoms in total. The van der Waals surface area contributed by atoms with E-state index in [1.807, 2.05) is 30.1 Å². The summed E-state index contributed by atoms with van der Waals surface area (Å²) in [7, 11) is 1.85. The Balaban J connectivity index is 1.63. The molecule has 1 atom stereocenters. The van der Waals surface area contributed by atoms with Gasteiger partial charge in [-0.3, -0.25) is 15.0 Å². The molecule has 3 rings (SSSR count). The van der Waals surface area contributed by atoms with Crippen molar-refractivity contribution in [1.82, 2.24) is 9.88 Å². The summed E-state index contributed by atoms with van der Waals surface area (Å²) < 4.78 is 0. The molecular formula is C19H24N4O3. The quantitative estimate of drug-likeness (QED) is 0.632. The molecule has 7 heteroatoms. The Morgan fingerprint density at radius 2 is 2.12 bits per heavy atom. The van der Waals surface area contributed by atoms with Crippen LogP contribution in [0.5, 0.6) is 0 Å². The Bertz CT molecular complexity index is 784. The van der Waals surface area contributed by atoms with Gasteiger partial charge in [0.2, 0.25) is 0 Å². The van der Waals surface area contributed by atoms with Gasteiger partial charge in [-0.25, -0.2) is 4.98 Å². The number of likely N-dealkylation sites (tertiary alicyclic amines) is 1. The first kappa shape index (κ1) is 18.3. The van der Waals surface area contributed by atoms with Gasteiger partial charge >= 0.3 is 0 Å². The molecule has 0 bridgehead atoms. The monoisotopic (exact) mass is 356 g/mol. The maximum atomic E-state index is 11.0. The molecule has 1 unspecified atom stereocenters. The van der Waals surface area contributed by atoms with Crippen LogP contribution in [0.1, 0.15) is 17.5 Å². The lowest BCUT2D eigenvalue weighted by molar-refractivity contribution is -0.385. The predicted molar refractivity (Wildman–Crippen MR) is 100 cm³/mol. The average Bonchev–Trinajstić information content (AvgIpc) is 2.95. The topological polar surface area (TPSA) is 82.7 Å². The molecular weight excluding hydrogens is 332 g/mol. The molecule has 1 aliphatic heterocycles. The van der Waals surface area contributed by atoms with Gasteiger partial charge < -0.3 is 10.0 Å². The number of pyridine rings is 1. The van der Waals surface area contributed by atoms with E-state index in [-0.39, 0.29) is 5.69 Å². The van der Waals surface area contributed by atoms with E-state index in [2.05, 4.69) is 22.0 Å². The Hall–Kier alpha value is -2.51. The summed E-state index contributed by atoms with van der Waals surface area (Å²) in [4.78, 5) is 18.8. The number of benzene rings is 1. The molecule has 1 saturated heterocycles. The van der Waals surface area contributed by atoms with Crippen molar-refractivity contribution in [1.29, 1.82) is 0 Å². The standard InChI is InChI=1S/C19H24N4O3/c1-15-10-18(20-11-17(15)23(25)26)21(2)13-19(24)8-9-22(14-19)12-16-6-4-3-5-7-16/h3-7,10-11,24H,8-9,12-14H2,1-2H3. The lowest BCUT2D eigenvalue weighted by Gasteiger charge is -2.30. The number of hydrogen-bond donors (Lipinski definition) is 1. The second kappa shape index (κ2) is 7.39. The average molecular weight is 356 g/mol. The minimum Gasteiger partial charge on any atom is -0.387 e. The van der Waals surface area contributed by atoms with Crippen LogP contribution in [0, 0.1) is 17.0 Å². The third kappa shape index (κ3) is 4.17. The van der Waals surface area contributed by atoms with Gasteiger partial charge in [0.05, 0.1) is 10.5 Å². The van der Waals surface area contributed by atoms with Crippen LogP contribution in [0.25, 0.3) is 0 Å². The van der Waals surface area contributed by atoms with Gasteiger partial charge in [0.1, 0.15) is 12.0 Å². The summed E-state index contributed by atoms with van der Waals surface area (Å²) in [5.41, 5.74) is 0.991. The molecule has 26 heavy (non-hydrogen) atoms. The normalized spacial score (nSPS) is 20.3. The second-order valence-corrected chi connectivity index (χ2v) is 7.11. The Kier molecular flexibility index (Phi) is 5.20. The van der Waals surface area contributed by atoms with E-state index < -0.39 is 10.5 Å². The van der Waals surface area contributed by atoms with Crippen LogP contribution in [-0.4, -0.2) is 52.2 Å². The van der Waals surface area contributed by atoms with Gasteiger partial charge in [0.25, 0.3) is 5.69 Å². The minimum absolute atomic E-state index is 0.00997. The molecule has 2 aromatic rings. The molecule has 1 aromatic carbocycles. The van der Waals surface area contributed by atoms with Crippen LogP contribution < -0.4 is 4.90 Å². The fourth-order valence-corrected chi connectivity index (χ4v) is 3.50. The van der Waals surface area contributed by atoms with Gasteiger partial charge in [-0.05, 0) is 25.0 Å². The van der Waals surface area contributed by atoms with E-state index in [0.29, 0.717) is 30.9 Å². The van der Waals surface area contributed by atoms with Gasteiger partial charge in [-0.1, -0.05) is 30.3 Å². The SMILES string of the molecule is Cc1cc(N(C)CC2(O)CCN(Cc3ccccc3)C2)ncc1[N+](=O)[O-]. The first-order valence-corrected chi connectivity index (χ1v) is 8.67. The number of rotatable bonds is 6. The molecule has 0 saturated carbocycles. The molecule has 1 N–H and O–H groups in total. The first-order valence-electron chi connectivity index (χ1n) is 8.67. The lowest BCUT2D eigenvalue weighted by atomic mass is 10.0. The number of nitrogens with zero attached hydrogens (tertiary/aromatic N) is 4. The van der Waals surface area contributed by atoms with E-state index in [1.54, 1.807) is 13.0 Å². The van der Waals surface area contributed by atoms with Crippen LogP contribution >= 0.6 is 0 Å². The highest BCUT2D eigenvalue weighted by molar-refractivity contribution is 5.48. The highest BCUT2D eigenvalue weighted by Gasteiger charge is 2.37. The fraction of sp³-hybridized carbons (Fsp3) is 0.421. The van der Waals surface area contributed by atoms with Crippen molar-refractivity contribution in [2.75, 3.05) is 31.6 Å². The maximum Gasteiger partial charge on any atom is 0.290 e. The van der Waals surface area contributed by atoms with Crippen molar-refractivity contribution in [3.63, 3.8) is 0 Å². The molecule has 1 fully saturated rings. The van der Waals surface area contributed by atoms with Crippen LogP contribution in [0.3, 0.4) is 0 Å². The number of likely N-dealkylation sites (N-methyl/N-ethyl adjacent to an activating group) is 1. The number of anilines is 1. The predicted octanol–water partition coefficient (Wildman–Crippen LogP) is 2.37. The van der Waals surface area contributed by atoms with Crippen LogP contribution in [0.15, 0.2) is 42.6 Å². The number of hydrogen-bond acceptors (Lipinski definition) is 6. The number of aryl methyl sites for hydroxylation is 1. The smallest absolute Gasteiger partial charge is 0.290 e. The van der Waals surface area contributed by atoms with E-state index in [4.69, 9.17) is 0 Å². The molecule has 2 heterocycles. The lowest BCUT2D eigenvalue weighted by Crippen LogP contribution is -2.44. The highest BCUT2D eigenvalue weighted by Crippen LogP contribution is 2.26. The Morgan fingerprint density at radius 1 is 1.38 bits per heavy atom. The summed E-state index contributed by atoms with van der Waals surface area (Å²) in [6, 6.07) is 11.9. The number of aromatic nitrogens is 1. The minimum atomic E-state index is -0.819. The van der Waals surface area contributed by atoms with Crippen molar-refractivity contribution in [2.45, 2.75) is 25.5 Å². The molecule has 0 spiro atoms. The van der Waals surface area contributed by atoms with E-state index >= 15 is 0 Å². The summed E-state index contributed by atoms with van der Waals surface area (Å²) >= 11 is 0.